The molecule has 0 bridgehead atoms. The molecular formula is C30H55NO5. The van der Waals surface area contributed by atoms with Gasteiger partial charge in [0.2, 0.25) is 0 Å². The van der Waals surface area contributed by atoms with Gasteiger partial charge in [-0.3, -0.25) is 0 Å². The number of aliphatic hydroxyl groups is 2. The monoisotopic (exact) mass is 509 g/mol. The van der Waals surface area contributed by atoms with Crippen molar-refractivity contribution < 1.29 is 24.8 Å². The number of phenols is 1. The van der Waals surface area contributed by atoms with Crippen LogP contribution in [-0.4, -0.2) is 67.0 Å². The zero-order chi connectivity index (χ0) is 26.3. The molecular weight excluding hydrogens is 454 g/mol. The summed E-state index contributed by atoms with van der Waals surface area (Å²) in [5.74, 6) is 0.191. The summed E-state index contributed by atoms with van der Waals surface area (Å²) in [6.45, 7) is 7.03. The van der Waals surface area contributed by atoms with Gasteiger partial charge in [0, 0.05) is 32.0 Å². The van der Waals surface area contributed by atoms with Gasteiger partial charge in [-0.15, -0.1) is 0 Å². The SMILES string of the molecule is CCCCCCCCCOCC(O)CN(CC(O)COCCCCCCCCC)c1ccc(O)cc1. The minimum atomic E-state index is -0.663. The van der Waals surface area contributed by atoms with Crippen LogP contribution in [0.25, 0.3) is 0 Å². The third-order valence-corrected chi connectivity index (χ3v) is 6.48. The Kier molecular flexibility index (Phi) is 20.7. The van der Waals surface area contributed by atoms with E-state index in [1.54, 1.807) is 24.3 Å². The molecule has 0 heterocycles. The van der Waals surface area contributed by atoms with Crippen LogP contribution in [0, 0.1) is 0 Å². The molecule has 0 aliphatic carbocycles. The molecule has 2 unspecified atom stereocenters. The lowest BCUT2D eigenvalue weighted by atomic mass is 10.1. The minimum absolute atomic E-state index is 0.191. The molecule has 1 rings (SSSR count). The van der Waals surface area contributed by atoms with Crippen LogP contribution in [0.2, 0.25) is 0 Å². The van der Waals surface area contributed by atoms with Crippen LogP contribution >= 0.6 is 0 Å². The summed E-state index contributed by atoms with van der Waals surface area (Å²) in [6.07, 6.45) is 16.0. The van der Waals surface area contributed by atoms with Gasteiger partial charge in [0.1, 0.15) is 5.75 Å². The number of phenolic OH excluding ortho intramolecular Hbond substituents is 1. The number of rotatable bonds is 25. The van der Waals surface area contributed by atoms with E-state index in [1.165, 1.54) is 77.0 Å². The fourth-order valence-corrected chi connectivity index (χ4v) is 4.32. The van der Waals surface area contributed by atoms with Gasteiger partial charge in [0.15, 0.2) is 0 Å². The molecule has 0 radical (unpaired) electrons. The van der Waals surface area contributed by atoms with E-state index in [-0.39, 0.29) is 19.0 Å². The normalized spacial score (nSPS) is 13.1. The Bertz CT molecular complexity index is 568. The number of aromatic hydroxyl groups is 1. The highest BCUT2D eigenvalue weighted by Crippen LogP contribution is 2.19. The highest BCUT2D eigenvalue weighted by Gasteiger charge is 2.17. The summed E-state index contributed by atoms with van der Waals surface area (Å²) < 4.78 is 11.4. The average Bonchev–Trinajstić information content (AvgIpc) is 2.87. The smallest absolute Gasteiger partial charge is 0.115 e. The molecule has 1 aromatic rings. The fourth-order valence-electron chi connectivity index (χ4n) is 4.32. The molecule has 2 atom stereocenters. The summed E-state index contributed by atoms with van der Waals surface area (Å²) >= 11 is 0. The molecule has 0 amide bonds. The molecule has 3 N–H and O–H groups in total. The molecule has 1 aromatic carbocycles. The maximum absolute atomic E-state index is 10.6. The molecule has 36 heavy (non-hydrogen) atoms. The van der Waals surface area contributed by atoms with E-state index in [9.17, 15) is 15.3 Å². The second-order valence-corrected chi connectivity index (χ2v) is 10.1. The van der Waals surface area contributed by atoms with Crippen LogP contribution in [0.3, 0.4) is 0 Å². The maximum Gasteiger partial charge on any atom is 0.115 e. The van der Waals surface area contributed by atoms with Crippen molar-refractivity contribution in [3.8, 4) is 5.75 Å². The van der Waals surface area contributed by atoms with E-state index in [1.807, 2.05) is 4.90 Å². The molecule has 0 saturated heterocycles. The highest BCUT2D eigenvalue weighted by molar-refractivity contribution is 5.49. The lowest BCUT2D eigenvalue weighted by Gasteiger charge is -2.29. The van der Waals surface area contributed by atoms with Crippen molar-refractivity contribution in [3.05, 3.63) is 24.3 Å². The number of benzene rings is 1. The van der Waals surface area contributed by atoms with E-state index >= 15 is 0 Å². The molecule has 6 heteroatoms. The van der Waals surface area contributed by atoms with Crippen LogP contribution in [0.1, 0.15) is 104 Å². The molecule has 6 nitrogen and oxygen atoms in total. The fraction of sp³-hybridized carbons (Fsp3) is 0.800. The van der Waals surface area contributed by atoms with Crippen LogP contribution < -0.4 is 4.90 Å². The van der Waals surface area contributed by atoms with Gasteiger partial charge in [0.05, 0.1) is 25.4 Å². The van der Waals surface area contributed by atoms with Crippen molar-refractivity contribution in [2.75, 3.05) is 44.4 Å². The highest BCUT2D eigenvalue weighted by atomic mass is 16.5. The van der Waals surface area contributed by atoms with Crippen LogP contribution in [0.15, 0.2) is 24.3 Å². The van der Waals surface area contributed by atoms with E-state index < -0.39 is 12.2 Å². The lowest BCUT2D eigenvalue weighted by Crippen LogP contribution is -2.41. The summed E-state index contributed by atoms with van der Waals surface area (Å²) in [6, 6.07) is 6.84. The van der Waals surface area contributed by atoms with Gasteiger partial charge in [-0.25, -0.2) is 0 Å². The number of aliphatic hydroxyl groups excluding tert-OH is 2. The maximum atomic E-state index is 10.6. The molecule has 0 fully saturated rings. The lowest BCUT2D eigenvalue weighted by molar-refractivity contribution is 0.0284. The number of hydrogen-bond acceptors (Lipinski definition) is 6. The van der Waals surface area contributed by atoms with Gasteiger partial charge in [-0.1, -0.05) is 90.9 Å². The van der Waals surface area contributed by atoms with E-state index in [4.69, 9.17) is 9.47 Å². The topological polar surface area (TPSA) is 82.4 Å². The summed E-state index contributed by atoms with van der Waals surface area (Å²) in [5.41, 5.74) is 0.838. The first kappa shape index (κ1) is 32.7. The molecule has 0 saturated carbocycles. The average molecular weight is 510 g/mol. The van der Waals surface area contributed by atoms with E-state index in [0.29, 0.717) is 26.3 Å². The van der Waals surface area contributed by atoms with Crippen LogP contribution in [-0.2, 0) is 9.47 Å². The number of anilines is 1. The molecule has 0 spiro atoms. The second-order valence-electron chi connectivity index (χ2n) is 10.1. The third-order valence-electron chi connectivity index (χ3n) is 6.48. The summed E-state index contributed by atoms with van der Waals surface area (Å²) in [7, 11) is 0. The second kappa shape index (κ2) is 22.8. The van der Waals surface area contributed by atoms with Gasteiger partial charge in [-0.2, -0.15) is 0 Å². The first-order valence-corrected chi connectivity index (χ1v) is 14.6. The Labute approximate surface area is 221 Å². The predicted molar refractivity (Wildman–Crippen MR) is 150 cm³/mol. The van der Waals surface area contributed by atoms with Crippen molar-refractivity contribution in [2.24, 2.45) is 0 Å². The van der Waals surface area contributed by atoms with Gasteiger partial charge in [-0.05, 0) is 37.1 Å². The van der Waals surface area contributed by atoms with Gasteiger partial charge >= 0.3 is 0 Å². The van der Waals surface area contributed by atoms with Gasteiger partial charge < -0.3 is 29.7 Å². The van der Waals surface area contributed by atoms with E-state index in [2.05, 4.69) is 13.8 Å². The van der Waals surface area contributed by atoms with Crippen molar-refractivity contribution >= 4 is 5.69 Å². The van der Waals surface area contributed by atoms with E-state index in [0.717, 1.165) is 18.5 Å². The Morgan fingerprint density at radius 3 is 1.42 bits per heavy atom. The first-order valence-electron chi connectivity index (χ1n) is 14.6. The predicted octanol–water partition coefficient (Wildman–Crippen LogP) is 6.45. The molecule has 0 aliphatic heterocycles. The van der Waals surface area contributed by atoms with Crippen LogP contribution in [0.4, 0.5) is 5.69 Å². The number of unbranched alkanes of at least 4 members (excludes halogenated alkanes) is 12. The largest absolute Gasteiger partial charge is 0.508 e. The summed E-state index contributed by atoms with van der Waals surface area (Å²) in [4.78, 5) is 1.93. The zero-order valence-corrected chi connectivity index (χ0v) is 23.2. The Morgan fingerprint density at radius 2 is 1.00 bits per heavy atom. The number of hydrogen-bond donors (Lipinski definition) is 3. The quantitative estimate of drug-likeness (QED) is 0.131. The van der Waals surface area contributed by atoms with Crippen molar-refractivity contribution in [3.63, 3.8) is 0 Å². The first-order chi connectivity index (χ1) is 17.6. The Morgan fingerprint density at radius 1 is 0.611 bits per heavy atom. The Hall–Kier alpha value is -1.34. The molecule has 0 aliphatic rings. The third kappa shape index (κ3) is 18.0. The zero-order valence-electron chi connectivity index (χ0n) is 23.2. The molecule has 210 valence electrons. The minimum Gasteiger partial charge on any atom is -0.508 e. The van der Waals surface area contributed by atoms with Crippen molar-refractivity contribution in [1.29, 1.82) is 0 Å². The standard InChI is InChI=1S/C30H55NO5/c1-3-5-7-9-11-13-15-21-35-25-29(33)23-31(27-17-19-28(32)20-18-27)24-30(34)26-36-22-16-14-12-10-8-6-4-2/h17-20,29-30,32-34H,3-16,21-26H2,1-2H3. The van der Waals surface area contributed by atoms with Crippen molar-refractivity contribution in [1.82, 2.24) is 0 Å². The molecule has 0 aromatic heterocycles. The number of ether oxygens (including phenoxy) is 2. The Balaban J connectivity index is 2.31. The van der Waals surface area contributed by atoms with Gasteiger partial charge in [0.25, 0.3) is 0 Å². The van der Waals surface area contributed by atoms with Crippen LogP contribution in [0.5, 0.6) is 5.75 Å². The summed E-state index contributed by atoms with van der Waals surface area (Å²) in [5, 5.41) is 30.8. The number of nitrogens with zero attached hydrogens (tertiary/aromatic N) is 1. The van der Waals surface area contributed by atoms with Crippen molar-refractivity contribution in [2.45, 2.75) is 116 Å².